The number of hydrogen-bond donors (Lipinski definition) is 1. The summed E-state index contributed by atoms with van der Waals surface area (Å²) >= 11 is 0. The minimum Gasteiger partial charge on any atom is -0.493 e. The summed E-state index contributed by atoms with van der Waals surface area (Å²) in [6.07, 6.45) is 1.59. The van der Waals surface area contributed by atoms with Gasteiger partial charge in [-0.05, 0) is 37.1 Å². The van der Waals surface area contributed by atoms with Crippen LogP contribution < -0.4 is 19.7 Å². The second-order valence-corrected chi connectivity index (χ2v) is 6.72. The first kappa shape index (κ1) is 15.8. The van der Waals surface area contributed by atoms with Crippen LogP contribution >= 0.6 is 0 Å². The van der Waals surface area contributed by atoms with Crippen molar-refractivity contribution < 1.29 is 14.3 Å². The lowest BCUT2D eigenvalue weighted by atomic mass is 9.89. The number of carbonyl (C=O) groups excluding carboxylic acids is 1. The van der Waals surface area contributed by atoms with Gasteiger partial charge in [-0.2, -0.15) is 0 Å². The number of para-hydroxylation sites is 1. The molecule has 2 bridgehead atoms. The van der Waals surface area contributed by atoms with Gasteiger partial charge in [0.05, 0.1) is 13.2 Å². The number of hydrogen-bond acceptors (Lipinski definition) is 3. The van der Waals surface area contributed by atoms with Gasteiger partial charge in [0.2, 0.25) is 0 Å². The highest BCUT2D eigenvalue weighted by Crippen LogP contribution is 2.48. The average molecular weight is 338 g/mol. The number of rotatable bonds is 3. The maximum atomic E-state index is 12.9. The van der Waals surface area contributed by atoms with Crippen LogP contribution in [0.15, 0.2) is 42.5 Å². The van der Waals surface area contributed by atoms with Crippen molar-refractivity contribution in [3.8, 4) is 11.5 Å². The number of carbonyl (C=O) groups is 1. The second-order valence-electron chi connectivity index (χ2n) is 6.72. The highest BCUT2D eigenvalue weighted by molar-refractivity contribution is 5.95. The monoisotopic (exact) mass is 338 g/mol. The van der Waals surface area contributed by atoms with Crippen LogP contribution in [0.1, 0.15) is 37.4 Å². The van der Waals surface area contributed by atoms with Crippen LogP contribution in [0, 0.1) is 0 Å². The Morgan fingerprint density at radius 3 is 2.88 bits per heavy atom. The van der Waals surface area contributed by atoms with Crippen LogP contribution in [0.3, 0.4) is 0 Å². The lowest BCUT2D eigenvalue weighted by Crippen LogP contribution is -2.65. The number of amides is 2. The Hall–Kier alpha value is -2.69. The number of urea groups is 1. The van der Waals surface area contributed by atoms with Gasteiger partial charge in [0.1, 0.15) is 0 Å². The maximum absolute atomic E-state index is 12.9. The number of anilines is 1. The normalized spacial score (nSPS) is 24.2. The van der Waals surface area contributed by atoms with Gasteiger partial charge in [0, 0.05) is 17.7 Å². The van der Waals surface area contributed by atoms with E-state index in [1.807, 2.05) is 43.3 Å². The van der Waals surface area contributed by atoms with Crippen LogP contribution in [0.5, 0.6) is 11.5 Å². The zero-order chi connectivity index (χ0) is 17.6. The Balaban J connectivity index is 1.81. The highest BCUT2D eigenvalue weighted by atomic mass is 16.5. The summed E-state index contributed by atoms with van der Waals surface area (Å²) in [6, 6.07) is 13.6. The largest absolute Gasteiger partial charge is 0.493 e. The number of ether oxygens (including phenoxy) is 2. The van der Waals surface area contributed by atoms with Crippen LogP contribution in [0.25, 0.3) is 0 Å². The molecule has 0 aliphatic carbocycles. The molecule has 4 rings (SSSR count). The van der Waals surface area contributed by atoms with Crippen molar-refractivity contribution in [2.75, 3.05) is 12.0 Å². The van der Waals surface area contributed by atoms with Gasteiger partial charge in [-0.15, -0.1) is 0 Å². The lowest BCUT2D eigenvalue weighted by molar-refractivity contribution is 0.0349. The number of methoxy groups -OCH3 is 1. The van der Waals surface area contributed by atoms with Crippen LogP contribution in [-0.2, 0) is 6.42 Å². The summed E-state index contributed by atoms with van der Waals surface area (Å²) in [5.41, 5.74) is 2.23. The van der Waals surface area contributed by atoms with E-state index in [0.717, 1.165) is 17.7 Å². The molecular weight excluding hydrogens is 316 g/mol. The summed E-state index contributed by atoms with van der Waals surface area (Å²) in [5, 5.41) is 3.12. The van der Waals surface area contributed by atoms with E-state index in [-0.39, 0.29) is 12.1 Å². The third-order valence-electron chi connectivity index (χ3n) is 5.06. The Bertz CT molecular complexity index is 835. The van der Waals surface area contributed by atoms with Crippen molar-refractivity contribution in [1.82, 2.24) is 5.32 Å². The Morgan fingerprint density at radius 2 is 2.12 bits per heavy atom. The molecule has 0 spiro atoms. The number of nitrogens with one attached hydrogen (secondary N) is 1. The van der Waals surface area contributed by atoms with E-state index in [1.54, 1.807) is 12.0 Å². The molecule has 2 aromatic rings. The Labute approximate surface area is 147 Å². The molecule has 2 amide bonds. The summed E-state index contributed by atoms with van der Waals surface area (Å²) in [7, 11) is 1.63. The lowest BCUT2D eigenvalue weighted by Gasteiger charge is -2.50. The number of nitrogens with zero attached hydrogens (tertiary/aromatic N) is 1. The van der Waals surface area contributed by atoms with E-state index < -0.39 is 5.72 Å². The fourth-order valence-corrected chi connectivity index (χ4v) is 3.83. The molecule has 1 saturated heterocycles. The summed E-state index contributed by atoms with van der Waals surface area (Å²) in [5.74, 6) is 1.40. The maximum Gasteiger partial charge on any atom is 0.325 e. The molecule has 5 heteroatoms. The number of benzene rings is 2. The molecule has 0 saturated carbocycles. The van der Waals surface area contributed by atoms with Crippen LogP contribution in [0.4, 0.5) is 10.5 Å². The molecule has 2 atom stereocenters. The number of aryl methyl sites for hydroxylation is 1. The van der Waals surface area contributed by atoms with Gasteiger partial charge in [-0.1, -0.05) is 31.2 Å². The molecule has 1 fully saturated rings. The third kappa shape index (κ3) is 2.42. The van der Waals surface area contributed by atoms with Crippen molar-refractivity contribution in [2.45, 2.75) is 38.5 Å². The molecule has 2 aromatic carbocycles. The smallest absolute Gasteiger partial charge is 0.325 e. The fourth-order valence-electron chi connectivity index (χ4n) is 3.83. The fraction of sp³-hybridized carbons (Fsp3) is 0.350. The minimum atomic E-state index is -0.763. The van der Waals surface area contributed by atoms with Gasteiger partial charge in [0.25, 0.3) is 0 Å². The van der Waals surface area contributed by atoms with Gasteiger partial charge in [-0.3, -0.25) is 4.90 Å². The summed E-state index contributed by atoms with van der Waals surface area (Å²) in [6.45, 7) is 4.07. The quantitative estimate of drug-likeness (QED) is 0.919. The van der Waals surface area contributed by atoms with Gasteiger partial charge >= 0.3 is 6.03 Å². The average Bonchev–Trinajstić information content (AvgIpc) is 2.60. The Morgan fingerprint density at radius 1 is 1.32 bits per heavy atom. The van der Waals surface area contributed by atoms with E-state index in [2.05, 4.69) is 18.3 Å². The Kier molecular flexibility index (Phi) is 3.60. The van der Waals surface area contributed by atoms with Gasteiger partial charge in [-0.25, -0.2) is 4.79 Å². The molecule has 130 valence electrons. The topological polar surface area (TPSA) is 50.8 Å². The van der Waals surface area contributed by atoms with Crippen molar-refractivity contribution >= 4 is 11.7 Å². The van der Waals surface area contributed by atoms with Crippen molar-refractivity contribution in [2.24, 2.45) is 0 Å². The standard InChI is InChI=1S/C20H22N2O3/c1-4-13-7-5-8-14(11-13)22-19(23)21-16-12-20(22,2)25-18-15(16)9-6-10-17(18)24-3/h5-11,16H,4,12H2,1-3H3,(H,21,23)/t16-,20+/m0/s1. The molecule has 1 N–H and O–H groups in total. The molecular formula is C20H22N2O3. The molecule has 0 unspecified atom stereocenters. The van der Waals surface area contributed by atoms with Gasteiger partial charge in [0.15, 0.2) is 17.2 Å². The SMILES string of the molecule is CCc1cccc(N2C(=O)N[C@H]3C[C@@]2(C)Oc2c(OC)cccc23)c1. The van der Waals surface area contributed by atoms with Crippen LogP contribution in [0.2, 0.25) is 0 Å². The first-order valence-corrected chi connectivity index (χ1v) is 8.61. The zero-order valence-electron chi connectivity index (χ0n) is 14.7. The van der Waals surface area contributed by atoms with E-state index in [0.29, 0.717) is 17.9 Å². The summed E-state index contributed by atoms with van der Waals surface area (Å²) < 4.78 is 11.8. The molecule has 5 nitrogen and oxygen atoms in total. The predicted octanol–water partition coefficient (Wildman–Crippen LogP) is 4.03. The first-order valence-electron chi connectivity index (χ1n) is 8.61. The molecule has 2 aliphatic heterocycles. The molecule has 25 heavy (non-hydrogen) atoms. The van der Waals surface area contributed by atoms with Crippen molar-refractivity contribution in [1.29, 1.82) is 0 Å². The second kappa shape index (κ2) is 5.69. The van der Waals surface area contributed by atoms with Crippen molar-refractivity contribution in [3.63, 3.8) is 0 Å². The van der Waals surface area contributed by atoms with E-state index in [1.165, 1.54) is 5.56 Å². The van der Waals surface area contributed by atoms with Crippen LogP contribution in [-0.4, -0.2) is 18.9 Å². The number of fused-ring (bicyclic) bond motifs is 4. The highest BCUT2D eigenvalue weighted by Gasteiger charge is 2.50. The van der Waals surface area contributed by atoms with E-state index in [4.69, 9.17) is 9.47 Å². The predicted molar refractivity (Wildman–Crippen MR) is 96.2 cm³/mol. The van der Waals surface area contributed by atoms with Gasteiger partial charge < -0.3 is 14.8 Å². The van der Waals surface area contributed by atoms with E-state index in [9.17, 15) is 4.79 Å². The summed E-state index contributed by atoms with van der Waals surface area (Å²) in [4.78, 5) is 14.6. The third-order valence-corrected chi connectivity index (χ3v) is 5.06. The molecule has 2 heterocycles. The first-order chi connectivity index (χ1) is 12.1. The minimum absolute atomic E-state index is 0.0815. The molecule has 2 aliphatic rings. The van der Waals surface area contributed by atoms with E-state index >= 15 is 0 Å². The molecule has 0 radical (unpaired) electrons. The molecule has 0 aromatic heterocycles. The van der Waals surface area contributed by atoms with Crippen molar-refractivity contribution in [3.05, 3.63) is 53.6 Å². The zero-order valence-corrected chi connectivity index (χ0v) is 14.7.